The predicted octanol–water partition coefficient (Wildman–Crippen LogP) is 3.57. The second-order valence-corrected chi connectivity index (χ2v) is 6.41. The quantitative estimate of drug-likeness (QED) is 0.510. The molecule has 2 N–H and O–H groups in total. The lowest BCUT2D eigenvalue weighted by molar-refractivity contribution is 0.347. The van der Waals surface area contributed by atoms with Crippen LogP contribution in [0.25, 0.3) is 0 Å². The number of ether oxygens (including phenoxy) is 3. The summed E-state index contributed by atoms with van der Waals surface area (Å²) in [5.74, 6) is 3.15. The minimum absolute atomic E-state index is 0.376. The third kappa shape index (κ3) is 5.81. The maximum atomic E-state index is 5.49. The molecule has 2 rings (SSSR count). The zero-order valence-electron chi connectivity index (χ0n) is 17.4. The summed E-state index contributed by atoms with van der Waals surface area (Å²) in [5, 5.41) is 6.71. The van der Waals surface area contributed by atoms with Gasteiger partial charge in [-0.3, -0.25) is 0 Å². The Kier molecular flexibility index (Phi) is 8.46. The van der Waals surface area contributed by atoms with Gasteiger partial charge >= 0.3 is 0 Å². The molecule has 1 unspecified atom stereocenters. The van der Waals surface area contributed by atoms with Crippen molar-refractivity contribution in [3.05, 3.63) is 53.6 Å². The average Bonchev–Trinajstić information content (AvgIpc) is 2.75. The van der Waals surface area contributed by atoms with E-state index in [2.05, 4.69) is 48.7 Å². The topological polar surface area (TPSA) is 64.1 Å². The minimum Gasteiger partial charge on any atom is -0.496 e. The van der Waals surface area contributed by atoms with E-state index in [1.165, 1.54) is 5.56 Å². The molecule has 0 fully saturated rings. The summed E-state index contributed by atoms with van der Waals surface area (Å²) in [6.07, 6.45) is 0. The van der Waals surface area contributed by atoms with Gasteiger partial charge in [0.15, 0.2) is 17.5 Å². The van der Waals surface area contributed by atoms with Gasteiger partial charge in [-0.1, -0.05) is 37.3 Å². The molecule has 0 radical (unpaired) electrons. The second-order valence-electron chi connectivity index (χ2n) is 6.41. The molecule has 6 nitrogen and oxygen atoms in total. The molecule has 0 aliphatic rings. The molecular weight excluding hydrogens is 354 g/mol. The number of rotatable bonds is 9. The fourth-order valence-corrected chi connectivity index (χ4v) is 2.87. The summed E-state index contributed by atoms with van der Waals surface area (Å²) in [6, 6.07) is 14.2. The fourth-order valence-electron chi connectivity index (χ4n) is 2.87. The van der Waals surface area contributed by atoms with E-state index in [0.29, 0.717) is 24.0 Å². The molecule has 0 aromatic heterocycles. The van der Waals surface area contributed by atoms with Gasteiger partial charge in [0.1, 0.15) is 5.75 Å². The van der Waals surface area contributed by atoms with Gasteiger partial charge in [0.05, 0.1) is 27.9 Å². The molecule has 0 spiro atoms. The molecule has 0 heterocycles. The summed E-state index contributed by atoms with van der Waals surface area (Å²) < 4.78 is 16.2. The van der Waals surface area contributed by atoms with Crippen molar-refractivity contribution in [2.24, 2.45) is 4.99 Å². The number of aliphatic imine (C=N–C) groups is 1. The van der Waals surface area contributed by atoms with Crippen LogP contribution in [0.15, 0.2) is 47.5 Å². The molecule has 0 bridgehead atoms. The number of benzene rings is 2. The minimum atomic E-state index is 0.376. The lowest BCUT2D eigenvalue weighted by Gasteiger charge is -2.17. The SMILES string of the molecule is CCNC(=NCc1cc(OC)c(OC)cc1OC)NCC(C)c1ccccc1. The Labute approximate surface area is 167 Å². The van der Waals surface area contributed by atoms with Crippen LogP contribution in [-0.2, 0) is 6.54 Å². The van der Waals surface area contributed by atoms with Crippen molar-refractivity contribution < 1.29 is 14.2 Å². The van der Waals surface area contributed by atoms with Crippen molar-refractivity contribution in [1.29, 1.82) is 0 Å². The second kappa shape index (κ2) is 11.1. The summed E-state index contributed by atoms with van der Waals surface area (Å²) in [5.41, 5.74) is 2.22. The highest BCUT2D eigenvalue weighted by Gasteiger charge is 2.12. The summed E-state index contributed by atoms with van der Waals surface area (Å²) in [4.78, 5) is 4.71. The highest BCUT2D eigenvalue weighted by Crippen LogP contribution is 2.34. The third-order valence-electron chi connectivity index (χ3n) is 4.48. The van der Waals surface area contributed by atoms with Gasteiger partial charge in [-0.25, -0.2) is 4.99 Å². The maximum Gasteiger partial charge on any atom is 0.191 e. The molecule has 2 aromatic rings. The first-order chi connectivity index (χ1) is 13.6. The zero-order chi connectivity index (χ0) is 20.4. The van der Waals surface area contributed by atoms with Crippen LogP contribution in [0.4, 0.5) is 0 Å². The number of nitrogens with one attached hydrogen (secondary N) is 2. The Bertz CT molecular complexity index is 763. The Morgan fingerprint density at radius 2 is 1.57 bits per heavy atom. The first-order valence-electron chi connectivity index (χ1n) is 9.48. The summed E-state index contributed by atoms with van der Waals surface area (Å²) in [7, 11) is 4.86. The first-order valence-corrected chi connectivity index (χ1v) is 9.48. The van der Waals surface area contributed by atoms with Crippen molar-refractivity contribution >= 4 is 5.96 Å². The monoisotopic (exact) mass is 385 g/mol. The highest BCUT2D eigenvalue weighted by molar-refractivity contribution is 5.79. The Morgan fingerprint density at radius 3 is 2.18 bits per heavy atom. The van der Waals surface area contributed by atoms with Crippen LogP contribution >= 0.6 is 0 Å². The molecule has 0 saturated carbocycles. The molecule has 28 heavy (non-hydrogen) atoms. The lowest BCUT2D eigenvalue weighted by atomic mass is 10.0. The standard InChI is InChI=1S/C22H31N3O3/c1-6-23-22(24-14-16(2)17-10-8-7-9-11-17)25-15-18-12-20(27-4)21(28-5)13-19(18)26-3/h7-13,16H,6,14-15H2,1-5H3,(H2,23,24,25). The summed E-state index contributed by atoms with van der Waals surface area (Å²) in [6.45, 7) is 6.28. The van der Waals surface area contributed by atoms with Crippen molar-refractivity contribution in [1.82, 2.24) is 10.6 Å². The van der Waals surface area contributed by atoms with Crippen LogP contribution in [0.2, 0.25) is 0 Å². The van der Waals surface area contributed by atoms with Gasteiger partial charge in [0.25, 0.3) is 0 Å². The Morgan fingerprint density at radius 1 is 0.929 bits per heavy atom. The van der Waals surface area contributed by atoms with E-state index < -0.39 is 0 Å². The van der Waals surface area contributed by atoms with Crippen LogP contribution in [0.1, 0.15) is 30.9 Å². The van der Waals surface area contributed by atoms with E-state index >= 15 is 0 Å². The van der Waals surface area contributed by atoms with Crippen LogP contribution in [0.3, 0.4) is 0 Å². The molecule has 0 amide bonds. The van der Waals surface area contributed by atoms with Gasteiger partial charge in [0, 0.05) is 24.7 Å². The first kappa shape index (κ1) is 21.4. The maximum absolute atomic E-state index is 5.49. The van der Waals surface area contributed by atoms with E-state index in [4.69, 9.17) is 19.2 Å². The van der Waals surface area contributed by atoms with Gasteiger partial charge < -0.3 is 24.8 Å². The molecule has 2 aromatic carbocycles. The fraction of sp³-hybridized carbons (Fsp3) is 0.409. The third-order valence-corrected chi connectivity index (χ3v) is 4.48. The summed E-state index contributed by atoms with van der Waals surface area (Å²) >= 11 is 0. The van der Waals surface area contributed by atoms with E-state index in [0.717, 1.165) is 30.4 Å². The smallest absolute Gasteiger partial charge is 0.191 e. The number of hydrogen-bond donors (Lipinski definition) is 2. The number of guanidine groups is 1. The molecule has 6 heteroatoms. The van der Waals surface area contributed by atoms with Crippen LogP contribution in [0.5, 0.6) is 17.2 Å². The van der Waals surface area contributed by atoms with Crippen LogP contribution in [-0.4, -0.2) is 40.4 Å². The van der Waals surface area contributed by atoms with E-state index in [1.54, 1.807) is 21.3 Å². The molecule has 152 valence electrons. The zero-order valence-corrected chi connectivity index (χ0v) is 17.4. The van der Waals surface area contributed by atoms with Crippen LogP contribution in [0, 0.1) is 0 Å². The van der Waals surface area contributed by atoms with Crippen molar-refractivity contribution in [2.75, 3.05) is 34.4 Å². The van der Waals surface area contributed by atoms with Crippen molar-refractivity contribution in [3.63, 3.8) is 0 Å². The largest absolute Gasteiger partial charge is 0.496 e. The van der Waals surface area contributed by atoms with Gasteiger partial charge in [-0.15, -0.1) is 0 Å². The number of hydrogen-bond acceptors (Lipinski definition) is 4. The molecule has 0 aliphatic carbocycles. The predicted molar refractivity (Wildman–Crippen MR) is 114 cm³/mol. The van der Waals surface area contributed by atoms with E-state index in [-0.39, 0.29) is 0 Å². The van der Waals surface area contributed by atoms with Crippen molar-refractivity contribution in [2.45, 2.75) is 26.3 Å². The van der Waals surface area contributed by atoms with E-state index in [9.17, 15) is 0 Å². The van der Waals surface area contributed by atoms with Crippen LogP contribution < -0.4 is 24.8 Å². The van der Waals surface area contributed by atoms with E-state index in [1.807, 2.05) is 18.2 Å². The van der Waals surface area contributed by atoms with Gasteiger partial charge in [-0.05, 0) is 24.5 Å². The van der Waals surface area contributed by atoms with Crippen molar-refractivity contribution in [3.8, 4) is 17.2 Å². The Hall–Kier alpha value is -2.89. The highest BCUT2D eigenvalue weighted by atomic mass is 16.5. The molecule has 1 atom stereocenters. The Balaban J connectivity index is 2.11. The van der Waals surface area contributed by atoms with Gasteiger partial charge in [-0.2, -0.15) is 0 Å². The van der Waals surface area contributed by atoms with Gasteiger partial charge in [0.2, 0.25) is 0 Å². The molecular formula is C22H31N3O3. The number of methoxy groups -OCH3 is 3. The lowest BCUT2D eigenvalue weighted by Crippen LogP contribution is -2.39. The molecule has 0 aliphatic heterocycles. The number of nitrogens with zero attached hydrogens (tertiary/aromatic N) is 1. The average molecular weight is 386 g/mol. The molecule has 0 saturated heterocycles. The normalized spacial score (nSPS) is 12.2.